The molecule has 1 saturated heterocycles. The van der Waals surface area contributed by atoms with Crippen LogP contribution in [0.4, 0.5) is 0 Å². The lowest BCUT2D eigenvalue weighted by Crippen LogP contribution is -2.10. The Hall–Kier alpha value is -1.03. The van der Waals surface area contributed by atoms with Crippen molar-refractivity contribution in [2.24, 2.45) is 0 Å². The van der Waals surface area contributed by atoms with Crippen molar-refractivity contribution < 1.29 is 9.90 Å². The summed E-state index contributed by atoms with van der Waals surface area (Å²) in [4.78, 5) is 14.9. The van der Waals surface area contributed by atoms with Crippen LogP contribution in [0.3, 0.4) is 0 Å². The monoisotopic (exact) mass is 223 g/mol. The van der Waals surface area contributed by atoms with Crippen LogP contribution in [0.2, 0.25) is 0 Å². The van der Waals surface area contributed by atoms with E-state index in [0.29, 0.717) is 5.92 Å². The molecule has 1 aliphatic rings. The van der Waals surface area contributed by atoms with Gasteiger partial charge in [0, 0.05) is 23.6 Å². The average molecular weight is 223 g/mol. The summed E-state index contributed by atoms with van der Waals surface area (Å²) < 4.78 is 0. The lowest BCUT2D eigenvalue weighted by Gasteiger charge is -2.20. The Morgan fingerprint density at radius 1 is 1.53 bits per heavy atom. The van der Waals surface area contributed by atoms with E-state index < -0.39 is 5.97 Å². The number of nitrogens with zero attached hydrogens (tertiary/aromatic N) is 1. The molecule has 0 aromatic carbocycles. The van der Waals surface area contributed by atoms with E-state index in [2.05, 4.69) is 4.98 Å². The number of hydrogen-bond donors (Lipinski definition) is 1. The van der Waals surface area contributed by atoms with Gasteiger partial charge in [-0.1, -0.05) is 0 Å². The van der Waals surface area contributed by atoms with Crippen molar-refractivity contribution in [1.82, 2.24) is 4.98 Å². The summed E-state index contributed by atoms with van der Waals surface area (Å²) in [6, 6.07) is 3.49. The first-order valence-corrected chi connectivity index (χ1v) is 6.20. The molecule has 0 spiro atoms. The number of thioether (sulfide) groups is 1. The summed E-state index contributed by atoms with van der Waals surface area (Å²) in [6.45, 7) is 0. The highest BCUT2D eigenvalue weighted by molar-refractivity contribution is 7.99. The molecule has 0 radical (unpaired) electrons. The molecule has 1 aromatic rings. The van der Waals surface area contributed by atoms with E-state index in [-0.39, 0.29) is 5.56 Å². The van der Waals surface area contributed by atoms with Crippen LogP contribution in [0.25, 0.3) is 0 Å². The number of carbonyl (C=O) groups is 1. The Morgan fingerprint density at radius 3 is 2.93 bits per heavy atom. The first-order chi connectivity index (χ1) is 7.27. The number of aromatic carboxylic acids is 1. The second-order valence-electron chi connectivity index (χ2n) is 3.69. The van der Waals surface area contributed by atoms with Gasteiger partial charge in [-0.15, -0.1) is 0 Å². The number of aromatic nitrogens is 1. The van der Waals surface area contributed by atoms with Gasteiger partial charge in [0.05, 0.1) is 5.56 Å². The van der Waals surface area contributed by atoms with Crippen LogP contribution in [0.15, 0.2) is 18.3 Å². The maximum absolute atomic E-state index is 10.6. The van der Waals surface area contributed by atoms with Crippen molar-refractivity contribution in [1.29, 1.82) is 0 Å². The van der Waals surface area contributed by atoms with E-state index >= 15 is 0 Å². The van der Waals surface area contributed by atoms with Crippen LogP contribution in [0.5, 0.6) is 0 Å². The first kappa shape index (κ1) is 10.5. The van der Waals surface area contributed by atoms with Gasteiger partial charge in [0.25, 0.3) is 0 Å². The number of pyridine rings is 1. The molecule has 15 heavy (non-hydrogen) atoms. The normalized spacial score (nSPS) is 21.2. The van der Waals surface area contributed by atoms with Crippen molar-refractivity contribution >= 4 is 17.7 Å². The number of carboxylic acid groups (broad SMARTS) is 1. The molecule has 4 heteroatoms. The third-order valence-corrected chi connectivity index (χ3v) is 3.83. The van der Waals surface area contributed by atoms with Gasteiger partial charge in [0.2, 0.25) is 0 Å². The summed E-state index contributed by atoms with van der Waals surface area (Å²) >= 11 is 1.95. The molecular formula is C11H13NO2S. The second kappa shape index (κ2) is 4.66. The molecular weight excluding hydrogens is 210 g/mol. The molecule has 80 valence electrons. The smallest absolute Gasteiger partial charge is 0.337 e. The highest BCUT2D eigenvalue weighted by Gasteiger charge is 2.17. The Bertz CT molecular complexity index is 344. The van der Waals surface area contributed by atoms with Gasteiger partial charge in [0.1, 0.15) is 0 Å². The van der Waals surface area contributed by atoms with Crippen molar-refractivity contribution in [2.45, 2.75) is 18.8 Å². The summed E-state index contributed by atoms with van der Waals surface area (Å²) in [6.07, 6.45) is 3.86. The van der Waals surface area contributed by atoms with E-state index in [1.807, 2.05) is 17.8 Å². The predicted octanol–water partition coefficient (Wildman–Crippen LogP) is 2.39. The van der Waals surface area contributed by atoms with Gasteiger partial charge in [0.15, 0.2) is 0 Å². The zero-order valence-electron chi connectivity index (χ0n) is 8.35. The zero-order chi connectivity index (χ0) is 10.7. The molecule has 1 aromatic heterocycles. The predicted molar refractivity (Wildman–Crippen MR) is 60.5 cm³/mol. The molecule has 2 rings (SSSR count). The van der Waals surface area contributed by atoms with E-state index in [1.165, 1.54) is 24.8 Å². The first-order valence-electron chi connectivity index (χ1n) is 5.04. The Balaban J connectivity index is 2.11. The number of hydrogen-bond acceptors (Lipinski definition) is 3. The van der Waals surface area contributed by atoms with Crippen LogP contribution in [-0.2, 0) is 0 Å². The molecule has 2 heterocycles. The van der Waals surface area contributed by atoms with E-state index in [1.54, 1.807) is 6.07 Å². The van der Waals surface area contributed by atoms with E-state index in [9.17, 15) is 4.79 Å². The molecule has 0 aliphatic carbocycles. The van der Waals surface area contributed by atoms with Gasteiger partial charge in [-0.05, 0) is 30.7 Å². The quantitative estimate of drug-likeness (QED) is 0.836. The van der Waals surface area contributed by atoms with Crippen molar-refractivity contribution in [3.63, 3.8) is 0 Å². The maximum atomic E-state index is 10.6. The molecule has 1 atom stereocenters. The van der Waals surface area contributed by atoms with Crippen LogP contribution >= 0.6 is 11.8 Å². The highest BCUT2D eigenvalue weighted by Crippen LogP contribution is 2.29. The molecule has 0 amide bonds. The Labute approximate surface area is 92.9 Å². The lowest BCUT2D eigenvalue weighted by molar-refractivity contribution is 0.0696. The third-order valence-electron chi connectivity index (χ3n) is 2.61. The van der Waals surface area contributed by atoms with Crippen molar-refractivity contribution in [3.05, 3.63) is 29.6 Å². The fourth-order valence-electron chi connectivity index (χ4n) is 1.75. The second-order valence-corrected chi connectivity index (χ2v) is 4.84. The van der Waals surface area contributed by atoms with Crippen LogP contribution < -0.4 is 0 Å². The van der Waals surface area contributed by atoms with Crippen molar-refractivity contribution in [2.75, 3.05) is 11.5 Å². The summed E-state index contributed by atoms with van der Waals surface area (Å²) in [7, 11) is 0. The van der Waals surface area contributed by atoms with Crippen LogP contribution in [-0.4, -0.2) is 27.6 Å². The zero-order valence-corrected chi connectivity index (χ0v) is 9.17. The summed E-state index contributed by atoms with van der Waals surface area (Å²) in [5.74, 6) is 1.95. The van der Waals surface area contributed by atoms with Crippen molar-refractivity contribution in [3.8, 4) is 0 Å². The van der Waals surface area contributed by atoms with Gasteiger partial charge in [-0.2, -0.15) is 11.8 Å². The molecule has 3 nitrogen and oxygen atoms in total. The third kappa shape index (κ3) is 2.50. The molecule has 0 saturated carbocycles. The minimum atomic E-state index is -0.910. The number of rotatable bonds is 2. The van der Waals surface area contributed by atoms with Gasteiger partial charge in [-0.25, -0.2) is 4.79 Å². The fraction of sp³-hybridized carbons (Fsp3) is 0.455. The standard InChI is InChI=1S/C11H13NO2S/c13-11(14)8-3-4-10(12-6-8)9-2-1-5-15-7-9/h3-4,6,9H,1-2,5,7H2,(H,13,14). The summed E-state index contributed by atoms with van der Waals surface area (Å²) in [5, 5.41) is 8.74. The molecule has 1 unspecified atom stereocenters. The minimum Gasteiger partial charge on any atom is -0.478 e. The topological polar surface area (TPSA) is 50.2 Å². The van der Waals surface area contributed by atoms with Crippen LogP contribution in [0, 0.1) is 0 Å². The maximum Gasteiger partial charge on any atom is 0.337 e. The van der Waals surface area contributed by atoms with Gasteiger partial charge >= 0.3 is 5.97 Å². The Morgan fingerprint density at radius 2 is 2.40 bits per heavy atom. The molecule has 1 fully saturated rings. The highest BCUT2D eigenvalue weighted by atomic mass is 32.2. The molecule has 1 N–H and O–H groups in total. The van der Waals surface area contributed by atoms with E-state index in [0.717, 1.165) is 11.4 Å². The van der Waals surface area contributed by atoms with Gasteiger partial charge < -0.3 is 5.11 Å². The average Bonchev–Trinajstić information content (AvgIpc) is 2.30. The lowest BCUT2D eigenvalue weighted by atomic mass is 10.0. The Kier molecular flexibility index (Phi) is 3.26. The minimum absolute atomic E-state index is 0.266. The molecule has 1 aliphatic heterocycles. The molecule has 0 bridgehead atoms. The van der Waals surface area contributed by atoms with Gasteiger partial charge in [-0.3, -0.25) is 4.98 Å². The largest absolute Gasteiger partial charge is 0.478 e. The van der Waals surface area contributed by atoms with Crippen LogP contribution in [0.1, 0.15) is 34.8 Å². The summed E-state index contributed by atoms with van der Waals surface area (Å²) in [5.41, 5.74) is 1.30. The number of carboxylic acids is 1. The SMILES string of the molecule is O=C(O)c1ccc(C2CCCSC2)nc1. The van der Waals surface area contributed by atoms with E-state index in [4.69, 9.17) is 5.11 Å². The fourth-order valence-corrected chi connectivity index (χ4v) is 2.91.